The van der Waals surface area contributed by atoms with Crippen LogP contribution in [0.3, 0.4) is 0 Å². The molecule has 24 heavy (non-hydrogen) atoms. The molecule has 0 saturated heterocycles. The van der Waals surface area contributed by atoms with Crippen LogP contribution < -0.4 is 0 Å². The minimum atomic E-state index is -0.178. The van der Waals surface area contributed by atoms with Gasteiger partial charge in [-0.05, 0) is 91.4 Å². The lowest BCUT2D eigenvalue weighted by molar-refractivity contribution is -0.109. The number of fused-ring (bicyclic) bond motifs is 5. The molecule has 0 aromatic carbocycles. The fourth-order valence-corrected chi connectivity index (χ4v) is 8.95. The fraction of sp³-hybridized carbons (Fsp3) is 1.00. The molecule has 4 fully saturated rings. The maximum atomic E-state index is 9.04. The van der Waals surface area contributed by atoms with Crippen LogP contribution in [0.25, 0.3) is 10.4 Å². The van der Waals surface area contributed by atoms with Crippen LogP contribution in [-0.2, 0) is 0 Å². The van der Waals surface area contributed by atoms with Gasteiger partial charge in [-0.15, -0.1) is 0 Å². The summed E-state index contributed by atoms with van der Waals surface area (Å²) < 4.78 is 0.475. The van der Waals surface area contributed by atoms with Crippen LogP contribution in [0, 0.1) is 34.5 Å². The highest BCUT2D eigenvalue weighted by molar-refractivity contribution is 14.1. The molecule has 8 atom stereocenters. The molecule has 134 valence electrons. The first-order valence-electron chi connectivity index (χ1n) is 10.0. The topological polar surface area (TPSA) is 48.8 Å². The first-order chi connectivity index (χ1) is 11.3. The summed E-state index contributed by atoms with van der Waals surface area (Å²) in [5, 5.41) is 4.26. The molecule has 4 aliphatic rings. The van der Waals surface area contributed by atoms with Crippen molar-refractivity contribution in [1.82, 2.24) is 0 Å². The molecule has 4 saturated carbocycles. The van der Waals surface area contributed by atoms with Gasteiger partial charge in [0.1, 0.15) is 0 Å². The predicted molar refractivity (Wildman–Crippen MR) is 107 cm³/mol. The molecule has 0 spiro atoms. The predicted octanol–water partition coefficient (Wildman–Crippen LogP) is 6.90. The van der Waals surface area contributed by atoms with Gasteiger partial charge in [-0.3, -0.25) is 0 Å². The normalized spacial score (nSPS) is 56.6. The van der Waals surface area contributed by atoms with E-state index in [2.05, 4.69) is 53.4 Å². The first-order valence-corrected chi connectivity index (χ1v) is 11.3. The van der Waals surface area contributed by atoms with Gasteiger partial charge < -0.3 is 0 Å². The molecule has 0 bridgehead atoms. The fourth-order valence-electron chi connectivity index (χ4n) is 7.62. The monoisotopic (exact) mass is 441 g/mol. The van der Waals surface area contributed by atoms with E-state index in [0.29, 0.717) is 14.8 Å². The zero-order valence-electron chi connectivity index (χ0n) is 15.5. The molecule has 0 heterocycles. The summed E-state index contributed by atoms with van der Waals surface area (Å²) in [6, 6.07) is 0. The Labute approximate surface area is 160 Å². The van der Waals surface area contributed by atoms with Gasteiger partial charge in [0.05, 0.1) is 5.54 Å². The van der Waals surface area contributed by atoms with Crippen LogP contribution in [0.15, 0.2) is 5.11 Å². The second-order valence-corrected chi connectivity index (χ2v) is 11.7. The highest BCUT2D eigenvalue weighted by Crippen LogP contribution is 2.67. The Hall–Kier alpha value is 0.0400. The molecule has 0 N–H and O–H groups in total. The van der Waals surface area contributed by atoms with Crippen molar-refractivity contribution in [1.29, 1.82) is 0 Å². The summed E-state index contributed by atoms with van der Waals surface area (Å²) in [7, 11) is 0. The number of azide groups is 1. The Morgan fingerprint density at radius 3 is 2.54 bits per heavy atom. The number of halogens is 1. The van der Waals surface area contributed by atoms with E-state index < -0.39 is 0 Å². The summed E-state index contributed by atoms with van der Waals surface area (Å²) in [6.07, 6.45) is 12.5. The maximum absolute atomic E-state index is 9.04. The largest absolute Gasteiger partial charge is 0.0865 e. The van der Waals surface area contributed by atoms with Gasteiger partial charge in [0.15, 0.2) is 0 Å². The standard InChI is InChI=1S/C20H32IN3/c1-18-9-4-5-15(18)14-7-6-13-11-20(3,23-24-22)17(21)12-19(13,2)16(14)8-10-18/h13-17H,4-12H2,1-3H3/t13-,14-,15-,16-,17+,18-,19-,20+/m0/s1. The van der Waals surface area contributed by atoms with Crippen LogP contribution in [-0.4, -0.2) is 9.46 Å². The number of hydrogen-bond donors (Lipinski definition) is 0. The summed E-state index contributed by atoms with van der Waals surface area (Å²) in [6.45, 7) is 7.40. The average molecular weight is 441 g/mol. The van der Waals surface area contributed by atoms with Crippen LogP contribution in [0.1, 0.15) is 78.6 Å². The second-order valence-electron chi connectivity index (χ2n) is 10.2. The quantitative estimate of drug-likeness (QED) is 0.140. The van der Waals surface area contributed by atoms with Crippen molar-refractivity contribution >= 4 is 22.6 Å². The number of rotatable bonds is 1. The third kappa shape index (κ3) is 2.38. The smallest absolute Gasteiger partial charge is 0.0580 e. The van der Waals surface area contributed by atoms with Crippen molar-refractivity contribution in [2.24, 2.45) is 39.6 Å². The summed E-state index contributed by atoms with van der Waals surface area (Å²) >= 11 is 2.59. The van der Waals surface area contributed by atoms with E-state index in [4.69, 9.17) is 5.53 Å². The van der Waals surface area contributed by atoms with Crippen molar-refractivity contribution in [2.75, 3.05) is 0 Å². The van der Waals surface area contributed by atoms with Gasteiger partial charge in [-0.2, -0.15) is 0 Å². The van der Waals surface area contributed by atoms with Crippen LogP contribution in [0.5, 0.6) is 0 Å². The minimum Gasteiger partial charge on any atom is -0.0865 e. The van der Waals surface area contributed by atoms with Crippen molar-refractivity contribution < 1.29 is 0 Å². The van der Waals surface area contributed by atoms with Crippen molar-refractivity contribution in [3.63, 3.8) is 0 Å². The van der Waals surface area contributed by atoms with E-state index >= 15 is 0 Å². The Bertz CT molecular complexity index is 573. The number of alkyl halides is 1. The van der Waals surface area contributed by atoms with E-state index in [1.54, 1.807) is 0 Å². The minimum absolute atomic E-state index is 0.178. The number of hydrogen-bond acceptors (Lipinski definition) is 1. The molecule has 4 rings (SSSR count). The highest BCUT2D eigenvalue weighted by Gasteiger charge is 2.60. The van der Waals surface area contributed by atoms with Crippen molar-refractivity contribution in [2.45, 2.75) is 88.0 Å². The first kappa shape index (κ1) is 17.5. The molecular weight excluding hydrogens is 409 g/mol. The average Bonchev–Trinajstić information content (AvgIpc) is 2.91. The van der Waals surface area contributed by atoms with Crippen LogP contribution >= 0.6 is 22.6 Å². The molecule has 0 aliphatic heterocycles. The highest BCUT2D eigenvalue weighted by atomic mass is 127. The summed E-state index contributed by atoms with van der Waals surface area (Å²) in [4.78, 5) is 3.20. The van der Waals surface area contributed by atoms with Gasteiger partial charge in [-0.25, -0.2) is 0 Å². The molecule has 4 aliphatic carbocycles. The molecule has 0 aromatic heterocycles. The van der Waals surface area contributed by atoms with E-state index in [1.807, 2.05) is 0 Å². The lowest BCUT2D eigenvalue weighted by atomic mass is 9.44. The second kappa shape index (κ2) is 5.77. The Balaban J connectivity index is 1.63. The molecular formula is C20H32IN3. The Morgan fingerprint density at radius 2 is 1.79 bits per heavy atom. The van der Waals surface area contributed by atoms with E-state index in [0.717, 1.165) is 30.1 Å². The van der Waals surface area contributed by atoms with Crippen molar-refractivity contribution in [3.05, 3.63) is 10.4 Å². The lowest BCUT2D eigenvalue weighted by Gasteiger charge is -2.62. The molecule has 0 radical (unpaired) electrons. The van der Waals surface area contributed by atoms with Crippen LogP contribution in [0.2, 0.25) is 0 Å². The molecule has 0 aromatic rings. The van der Waals surface area contributed by atoms with Crippen molar-refractivity contribution in [3.8, 4) is 0 Å². The molecule has 3 nitrogen and oxygen atoms in total. The third-order valence-electron chi connectivity index (χ3n) is 9.07. The lowest BCUT2D eigenvalue weighted by Crippen LogP contribution is -2.57. The SMILES string of the molecule is C[C@@]12CCC[C@H]1[C@@H]1CC[C@H]3C[C@@](C)(N=[N+]=[N-])[C@H](I)C[C@]3(C)[C@H]1CC2. The van der Waals surface area contributed by atoms with Gasteiger partial charge in [-0.1, -0.05) is 54.9 Å². The number of nitrogens with zero attached hydrogens (tertiary/aromatic N) is 3. The Morgan fingerprint density at radius 1 is 1.00 bits per heavy atom. The van der Waals surface area contributed by atoms with Gasteiger partial charge in [0, 0.05) is 8.84 Å². The zero-order chi connectivity index (χ0) is 17.2. The van der Waals surface area contributed by atoms with E-state index in [-0.39, 0.29) is 5.54 Å². The van der Waals surface area contributed by atoms with Gasteiger partial charge >= 0.3 is 0 Å². The maximum Gasteiger partial charge on any atom is 0.0580 e. The molecule has 0 unspecified atom stereocenters. The molecule has 0 amide bonds. The summed E-state index contributed by atoms with van der Waals surface area (Å²) in [5.74, 6) is 3.64. The summed E-state index contributed by atoms with van der Waals surface area (Å²) in [5.41, 5.74) is 9.99. The van der Waals surface area contributed by atoms with E-state index in [1.165, 1.54) is 51.4 Å². The van der Waals surface area contributed by atoms with Gasteiger partial charge in [0.2, 0.25) is 0 Å². The van der Waals surface area contributed by atoms with Gasteiger partial charge in [0.25, 0.3) is 0 Å². The Kier molecular flexibility index (Phi) is 4.20. The molecule has 4 heteroatoms. The third-order valence-corrected chi connectivity index (χ3v) is 10.9. The van der Waals surface area contributed by atoms with E-state index in [9.17, 15) is 0 Å². The van der Waals surface area contributed by atoms with Crippen LogP contribution in [0.4, 0.5) is 0 Å². The zero-order valence-corrected chi connectivity index (χ0v) is 17.6.